The average molecular weight is 241 g/mol. The van der Waals surface area contributed by atoms with Crippen molar-refractivity contribution >= 4 is 5.91 Å². The van der Waals surface area contributed by atoms with Gasteiger partial charge in [-0.05, 0) is 26.7 Å². The van der Waals surface area contributed by atoms with Gasteiger partial charge in [0.2, 0.25) is 5.91 Å². The Hall–Kier alpha value is -0.650. The Morgan fingerprint density at radius 3 is 2.82 bits per heavy atom. The zero-order valence-corrected chi connectivity index (χ0v) is 10.7. The van der Waals surface area contributed by atoms with Gasteiger partial charge in [-0.25, -0.2) is 0 Å². The number of nitrogens with one attached hydrogen (secondary N) is 1. The van der Waals surface area contributed by atoms with Gasteiger partial charge in [-0.2, -0.15) is 0 Å². The number of ether oxygens (including phenoxy) is 1. The predicted octanol–water partition coefficient (Wildman–Crippen LogP) is -0.297. The van der Waals surface area contributed by atoms with Gasteiger partial charge < -0.3 is 10.5 Å². The third-order valence-corrected chi connectivity index (χ3v) is 3.51. The molecule has 2 atom stereocenters. The lowest BCUT2D eigenvalue weighted by molar-refractivity contribution is -0.125. The smallest absolute Gasteiger partial charge is 0.238 e. The van der Waals surface area contributed by atoms with Crippen LogP contribution < -0.4 is 11.1 Å². The van der Waals surface area contributed by atoms with Crippen LogP contribution >= 0.6 is 0 Å². The van der Waals surface area contributed by atoms with Crippen molar-refractivity contribution in [1.82, 2.24) is 10.2 Å². The lowest BCUT2D eigenvalue weighted by Crippen LogP contribution is -2.61. The lowest BCUT2D eigenvalue weighted by Gasteiger charge is -2.37. The lowest BCUT2D eigenvalue weighted by atomic mass is 10.00. The second-order valence-electron chi connectivity index (χ2n) is 5.53. The number of carbonyl (C=O) groups excluding carboxylic acids is 1. The highest BCUT2D eigenvalue weighted by molar-refractivity contribution is 5.84. The summed E-state index contributed by atoms with van der Waals surface area (Å²) in [5.74, 6) is -0.261. The molecule has 1 aliphatic carbocycles. The van der Waals surface area contributed by atoms with Crippen LogP contribution in [-0.2, 0) is 9.53 Å². The Balaban J connectivity index is 1.93. The summed E-state index contributed by atoms with van der Waals surface area (Å²) in [6.45, 7) is 7.12. The Kier molecular flexibility index (Phi) is 3.70. The highest BCUT2D eigenvalue weighted by Gasteiger charge is 2.38. The zero-order chi connectivity index (χ0) is 12.5. The van der Waals surface area contributed by atoms with Crippen molar-refractivity contribution in [2.75, 3.05) is 26.2 Å². The van der Waals surface area contributed by atoms with E-state index in [2.05, 4.69) is 17.1 Å². The molecule has 1 saturated heterocycles. The largest absolute Gasteiger partial charge is 0.376 e. The molecule has 98 valence electrons. The van der Waals surface area contributed by atoms with Crippen molar-refractivity contribution in [2.24, 2.45) is 5.73 Å². The van der Waals surface area contributed by atoms with Crippen molar-refractivity contribution in [2.45, 2.75) is 44.4 Å². The molecule has 3 N–H and O–H groups in total. The van der Waals surface area contributed by atoms with E-state index in [4.69, 9.17) is 10.5 Å². The van der Waals surface area contributed by atoms with Gasteiger partial charge in [0.15, 0.2) is 0 Å². The highest BCUT2D eigenvalue weighted by atomic mass is 16.5. The quantitative estimate of drug-likeness (QED) is 0.693. The summed E-state index contributed by atoms with van der Waals surface area (Å²) in [6, 6.07) is 0.478. The van der Waals surface area contributed by atoms with E-state index in [1.54, 1.807) is 0 Å². The fourth-order valence-corrected chi connectivity index (χ4v) is 2.35. The molecule has 17 heavy (non-hydrogen) atoms. The number of primary amides is 1. The molecule has 1 saturated carbocycles. The van der Waals surface area contributed by atoms with E-state index in [-0.39, 0.29) is 12.0 Å². The summed E-state index contributed by atoms with van der Waals surface area (Å²) in [4.78, 5) is 13.9. The van der Waals surface area contributed by atoms with Crippen LogP contribution in [-0.4, -0.2) is 54.7 Å². The predicted molar refractivity (Wildman–Crippen MR) is 65.6 cm³/mol. The molecule has 5 nitrogen and oxygen atoms in total. The number of hydrogen-bond donors (Lipinski definition) is 2. The van der Waals surface area contributed by atoms with E-state index in [0.29, 0.717) is 12.6 Å². The fourth-order valence-electron chi connectivity index (χ4n) is 2.35. The summed E-state index contributed by atoms with van der Waals surface area (Å²) in [7, 11) is 0. The maximum absolute atomic E-state index is 11.6. The van der Waals surface area contributed by atoms with E-state index in [0.717, 1.165) is 32.5 Å². The van der Waals surface area contributed by atoms with Crippen molar-refractivity contribution < 1.29 is 9.53 Å². The van der Waals surface area contributed by atoms with Crippen molar-refractivity contribution in [3.63, 3.8) is 0 Å². The second kappa shape index (κ2) is 4.92. The van der Waals surface area contributed by atoms with E-state index in [1.807, 2.05) is 6.92 Å². The topological polar surface area (TPSA) is 67.6 Å². The van der Waals surface area contributed by atoms with Gasteiger partial charge in [0.05, 0.1) is 12.7 Å². The van der Waals surface area contributed by atoms with Gasteiger partial charge in [-0.3, -0.25) is 15.0 Å². The van der Waals surface area contributed by atoms with Crippen LogP contribution in [0.3, 0.4) is 0 Å². The Labute approximate surface area is 103 Å². The fraction of sp³-hybridized carbons (Fsp3) is 0.917. The third kappa shape index (κ3) is 3.40. The Morgan fingerprint density at radius 1 is 1.59 bits per heavy atom. The molecule has 1 amide bonds. The summed E-state index contributed by atoms with van der Waals surface area (Å²) in [5, 5.41) is 3.37. The number of hydrogen-bond acceptors (Lipinski definition) is 4. The average Bonchev–Trinajstić information content (AvgIpc) is 3.01. The minimum Gasteiger partial charge on any atom is -0.376 e. The van der Waals surface area contributed by atoms with Crippen LogP contribution in [0.4, 0.5) is 0 Å². The molecular formula is C12H23N3O2. The summed E-state index contributed by atoms with van der Waals surface area (Å²) >= 11 is 0. The molecule has 0 aromatic carbocycles. The van der Waals surface area contributed by atoms with Crippen LogP contribution in [0.15, 0.2) is 0 Å². The SMILES string of the molecule is CC1CN(CC(C)(NC2CC2)C(N)=O)CCO1. The monoisotopic (exact) mass is 241 g/mol. The zero-order valence-electron chi connectivity index (χ0n) is 10.7. The summed E-state index contributed by atoms with van der Waals surface area (Å²) in [5.41, 5.74) is 4.93. The molecule has 0 radical (unpaired) electrons. The van der Waals surface area contributed by atoms with Crippen molar-refractivity contribution in [3.8, 4) is 0 Å². The first-order chi connectivity index (χ1) is 7.99. The van der Waals surface area contributed by atoms with Gasteiger partial charge in [0.25, 0.3) is 0 Å². The molecule has 0 bridgehead atoms. The van der Waals surface area contributed by atoms with E-state index >= 15 is 0 Å². The number of nitrogens with two attached hydrogens (primary N) is 1. The number of amides is 1. The molecule has 1 heterocycles. The first-order valence-corrected chi connectivity index (χ1v) is 6.41. The first kappa shape index (κ1) is 12.8. The van der Waals surface area contributed by atoms with Gasteiger partial charge in [-0.1, -0.05) is 0 Å². The van der Waals surface area contributed by atoms with Crippen molar-refractivity contribution in [3.05, 3.63) is 0 Å². The molecule has 1 aliphatic heterocycles. The van der Waals surface area contributed by atoms with E-state index in [9.17, 15) is 4.79 Å². The molecule has 0 spiro atoms. The van der Waals surface area contributed by atoms with Crippen LogP contribution in [0, 0.1) is 0 Å². The van der Waals surface area contributed by atoms with Gasteiger partial charge in [0, 0.05) is 25.7 Å². The van der Waals surface area contributed by atoms with Crippen LogP contribution in [0.25, 0.3) is 0 Å². The number of rotatable bonds is 5. The van der Waals surface area contributed by atoms with Gasteiger partial charge in [-0.15, -0.1) is 0 Å². The first-order valence-electron chi connectivity index (χ1n) is 6.41. The maximum atomic E-state index is 11.6. The van der Waals surface area contributed by atoms with E-state index in [1.165, 1.54) is 0 Å². The van der Waals surface area contributed by atoms with Crippen molar-refractivity contribution in [1.29, 1.82) is 0 Å². The Bertz CT molecular complexity index is 293. The van der Waals surface area contributed by atoms with Crippen LogP contribution in [0.1, 0.15) is 26.7 Å². The minimum absolute atomic E-state index is 0.238. The molecule has 0 aromatic heterocycles. The molecule has 0 aromatic rings. The molecule has 2 unspecified atom stereocenters. The van der Waals surface area contributed by atoms with Gasteiger partial charge >= 0.3 is 0 Å². The van der Waals surface area contributed by atoms with Gasteiger partial charge in [0.1, 0.15) is 5.54 Å². The van der Waals surface area contributed by atoms with E-state index < -0.39 is 5.54 Å². The summed E-state index contributed by atoms with van der Waals surface area (Å²) < 4.78 is 5.50. The molecule has 2 rings (SSSR count). The number of morpholine rings is 1. The standard InChI is InChI=1S/C12H23N3O2/c1-9-7-15(5-6-17-9)8-12(2,11(13)16)14-10-3-4-10/h9-10,14H,3-8H2,1-2H3,(H2,13,16). The Morgan fingerprint density at radius 2 is 2.29 bits per heavy atom. The molecular weight excluding hydrogens is 218 g/mol. The normalized spacial score (nSPS) is 29.9. The summed E-state index contributed by atoms with van der Waals surface area (Å²) in [6.07, 6.45) is 2.55. The minimum atomic E-state index is -0.613. The second-order valence-corrected chi connectivity index (χ2v) is 5.53. The highest BCUT2D eigenvalue weighted by Crippen LogP contribution is 2.23. The number of nitrogens with zero attached hydrogens (tertiary/aromatic N) is 1. The van der Waals surface area contributed by atoms with Crippen LogP contribution in [0.5, 0.6) is 0 Å². The third-order valence-electron chi connectivity index (χ3n) is 3.51. The molecule has 2 fully saturated rings. The molecule has 5 heteroatoms. The maximum Gasteiger partial charge on any atom is 0.238 e. The van der Waals surface area contributed by atoms with Crippen LogP contribution in [0.2, 0.25) is 0 Å². The molecule has 2 aliphatic rings. The number of carbonyl (C=O) groups is 1.